The van der Waals surface area contributed by atoms with Crippen molar-refractivity contribution in [3.8, 4) is 22.9 Å². The summed E-state index contributed by atoms with van der Waals surface area (Å²) in [5.41, 5.74) is 1.27. The Kier molecular flexibility index (Phi) is 6.65. The smallest absolute Gasteiger partial charge is 0.266 e. The van der Waals surface area contributed by atoms with Crippen LogP contribution in [0, 0.1) is 0 Å². The highest BCUT2D eigenvalue weighted by Gasteiger charge is 2.19. The molecule has 0 aliphatic rings. The van der Waals surface area contributed by atoms with Crippen LogP contribution in [0.2, 0.25) is 0 Å². The predicted octanol–water partition coefficient (Wildman–Crippen LogP) is 4.39. The number of ketones is 1. The summed E-state index contributed by atoms with van der Waals surface area (Å²) in [5.74, 6) is 1.40. The second kappa shape index (κ2) is 9.79. The van der Waals surface area contributed by atoms with Crippen molar-refractivity contribution < 1.29 is 19.0 Å². The highest BCUT2D eigenvalue weighted by atomic mass is 32.2. The molecule has 168 valence electrons. The molecule has 0 saturated heterocycles. The van der Waals surface area contributed by atoms with E-state index in [-0.39, 0.29) is 17.1 Å². The van der Waals surface area contributed by atoms with Gasteiger partial charge in [0.15, 0.2) is 10.9 Å². The first-order chi connectivity index (χ1) is 16.1. The number of rotatable bonds is 8. The van der Waals surface area contributed by atoms with Crippen LogP contribution in [0.15, 0.2) is 76.7 Å². The SMILES string of the molecule is COc1ccc(OC)c(C(=O)CSc2nc3ccccc3c(=O)n2-c2ccccc2OC)c1. The number of ether oxygens (including phenoxy) is 3. The topological polar surface area (TPSA) is 79.7 Å². The van der Waals surface area contributed by atoms with Crippen LogP contribution in [-0.4, -0.2) is 42.4 Å². The molecule has 0 atom stereocenters. The molecule has 0 aliphatic heterocycles. The Balaban J connectivity index is 1.78. The highest BCUT2D eigenvalue weighted by molar-refractivity contribution is 7.99. The first kappa shape index (κ1) is 22.4. The van der Waals surface area contributed by atoms with E-state index in [2.05, 4.69) is 0 Å². The lowest BCUT2D eigenvalue weighted by molar-refractivity contribution is 0.101. The van der Waals surface area contributed by atoms with Crippen LogP contribution in [0.5, 0.6) is 17.2 Å². The summed E-state index contributed by atoms with van der Waals surface area (Å²) in [7, 11) is 4.59. The van der Waals surface area contributed by atoms with Gasteiger partial charge in [0.05, 0.1) is 49.2 Å². The molecule has 4 rings (SSSR count). The standard InChI is InChI=1S/C25H22N2O5S/c1-30-16-12-13-22(31-2)18(14-16)21(28)15-33-25-26-19-9-5-4-8-17(19)24(29)27(25)20-10-6-7-11-23(20)32-3/h4-14H,15H2,1-3H3. The number of nitrogens with zero attached hydrogens (tertiary/aromatic N) is 2. The van der Waals surface area contributed by atoms with Gasteiger partial charge in [0, 0.05) is 0 Å². The molecule has 0 saturated carbocycles. The second-order valence-electron chi connectivity index (χ2n) is 7.00. The molecular weight excluding hydrogens is 440 g/mol. The third-order valence-electron chi connectivity index (χ3n) is 5.11. The van der Waals surface area contributed by atoms with Crippen LogP contribution in [0.3, 0.4) is 0 Å². The molecule has 0 amide bonds. The van der Waals surface area contributed by atoms with Crippen LogP contribution in [0.4, 0.5) is 0 Å². The van der Waals surface area contributed by atoms with Crippen molar-refractivity contribution in [2.24, 2.45) is 0 Å². The summed E-state index contributed by atoms with van der Waals surface area (Å²) < 4.78 is 17.6. The van der Waals surface area contributed by atoms with E-state index < -0.39 is 0 Å². The fourth-order valence-corrected chi connectivity index (χ4v) is 4.36. The summed E-state index contributed by atoms with van der Waals surface area (Å²) in [6, 6.07) is 19.4. The number of benzene rings is 3. The summed E-state index contributed by atoms with van der Waals surface area (Å²) in [4.78, 5) is 31.2. The minimum atomic E-state index is -0.237. The van der Waals surface area contributed by atoms with Crippen molar-refractivity contribution in [2.45, 2.75) is 5.16 Å². The van der Waals surface area contributed by atoms with Gasteiger partial charge < -0.3 is 14.2 Å². The molecule has 7 nitrogen and oxygen atoms in total. The summed E-state index contributed by atoms with van der Waals surface area (Å²) in [6.07, 6.45) is 0. The van der Waals surface area contributed by atoms with E-state index in [0.717, 1.165) is 0 Å². The summed E-state index contributed by atoms with van der Waals surface area (Å²) in [5, 5.41) is 0.868. The third kappa shape index (κ3) is 4.42. The van der Waals surface area contributed by atoms with Crippen molar-refractivity contribution in [2.75, 3.05) is 27.1 Å². The van der Waals surface area contributed by atoms with Crippen molar-refractivity contribution in [1.29, 1.82) is 0 Å². The van der Waals surface area contributed by atoms with Crippen molar-refractivity contribution in [3.63, 3.8) is 0 Å². The molecule has 0 unspecified atom stereocenters. The summed E-state index contributed by atoms with van der Waals surface area (Å²) >= 11 is 1.18. The number of fused-ring (bicyclic) bond motifs is 1. The lowest BCUT2D eigenvalue weighted by atomic mass is 10.1. The third-order valence-corrected chi connectivity index (χ3v) is 6.05. The van der Waals surface area contributed by atoms with Gasteiger partial charge in [-0.05, 0) is 42.5 Å². The maximum atomic E-state index is 13.4. The number of para-hydroxylation sites is 3. The number of thioether (sulfide) groups is 1. The van der Waals surface area contributed by atoms with E-state index in [0.29, 0.717) is 44.6 Å². The number of carbonyl (C=O) groups excluding carboxylic acids is 1. The molecule has 0 N–H and O–H groups in total. The van der Waals surface area contributed by atoms with E-state index in [4.69, 9.17) is 19.2 Å². The minimum Gasteiger partial charge on any atom is -0.497 e. The Morgan fingerprint density at radius 2 is 1.64 bits per heavy atom. The molecule has 1 heterocycles. The lowest BCUT2D eigenvalue weighted by Crippen LogP contribution is -2.22. The second-order valence-corrected chi connectivity index (χ2v) is 7.94. The van der Waals surface area contributed by atoms with Crippen molar-refractivity contribution >= 4 is 28.4 Å². The number of aromatic nitrogens is 2. The van der Waals surface area contributed by atoms with Gasteiger partial charge in [-0.1, -0.05) is 36.0 Å². The molecular formula is C25H22N2O5S. The zero-order chi connectivity index (χ0) is 23.4. The highest BCUT2D eigenvalue weighted by Crippen LogP contribution is 2.29. The fraction of sp³-hybridized carbons (Fsp3) is 0.160. The molecule has 3 aromatic carbocycles. The van der Waals surface area contributed by atoms with E-state index in [1.165, 1.54) is 30.5 Å². The zero-order valence-corrected chi connectivity index (χ0v) is 19.2. The monoisotopic (exact) mass is 462 g/mol. The van der Waals surface area contributed by atoms with Crippen LogP contribution in [0.1, 0.15) is 10.4 Å². The summed E-state index contributed by atoms with van der Waals surface area (Å²) in [6.45, 7) is 0. The normalized spacial score (nSPS) is 10.8. The van der Waals surface area contributed by atoms with Gasteiger partial charge in [0.2, 0.25) is 0 Å². The number of carbonyl (C=O) groups is 1. The Hall–Kier alpha value is -3.78. The van der Waals surface area contributed by atoms with Gasteiger partial charge in [-0.2, -0.15) is 0 Å². The van der Waals surface area contributed by atoms with Crippen molar-refractivity contribution in [3.05, 3.63) is 82.6 Å². The molecule has 0 spiro atoms. The molecule has 0 aliphatic carbocycles. The van der Waals surface area contributed by atoms with Crippen LogP contribution in [-0.2, 0) is 0 Å². The van der Waals surface area contributed by atoms with E-state index in [1.807, 2.05) is 18.2 Å². The average Bonchev–Trinajstić information content (AvgIpc) is 2.87. The molecule has 1 aromatic heterocycles. The zero-order valence-electron chi connectivity index (χ0n) is 18.4. The molecule has 0 fully saturated rings. The number of hydrogen-bond donors (Lipinski definition) is 0. The quantitative estimate of drug-likeness (QED) is 0.218. The lowest BCUT2D eigenvalue weighted by Gasteiger charge is -2.16. The van der Waals surface area contributed by atoms with Gasteiger partial charge in [-0.15, -0.1) is 0 Å². The van der Waals surface area contributed by atoms with E-state index in [1.54, 1.807) is 55.6 Å². The van der Waals surface area contributed by atoms with Gasteiger partial charge in [0.25, 0.3) is 5.56 Å². The van der Waals surface area contributed by atoms with Gasteiger partial charge >= 0.3 is 0 Å². The largest absolute Gasteiger partial charge is 0.497 e. The van der Waals surface area contributed by atoms with E-state index >= 15 is 0 Å². The van der Waals surface area contributed by atoms with Crippen LogP contribution < -0.4 is 19.8 Å². The first-order valence-corrected chi connectivity index (χ1v) is 11.1. The molecule has 0 radical (unpaired) electrons. The maximum absolute atomic E-state index is 13.4. The number of hydrogen-bond acceptors (Lipinski definition) is 7. The van der Waals surface area contributed by atoms with Crippen LogP contribution >= 0.6 is 11.8 Å². The van der Waals surface area contributed by atoms with Crippen LogP contribution in [0.25, 0.3) is 16.6 Å². The Morgan fingerprint density at radius 3 is 2.39 bits per heavy atom. The number of methoxy groups -OCH3 is 3. The molecule has 33 heavy (non-hydrogen) atoms. The molecule has 0 bridgehead atoms. The first-order valence-electron chi connectivity index (χ1n) is 10.1. The molecule has 8 heteroatoms. The van der Waals surface area contributed by atoms with Crippen molar-refractivity contribution in [1.82, 2.24) is 9.55 Å². The minimum absolute atomic E-state index is 0.0451. The van der Waals surface area contributed by atoms with E-state index in [9.17, 15) is 9.59 Å². The Labute approximate surface area is 194 Å². The van der Waals surface area contributed by atoms with Gasteiger partial charge in [-0.25, -0.2) is 4.98 Å². The Morgan fingerprint density at radius 1 is 0.909 bits per heavy atom. The molecule has 4 aromatic rings. The maximum Gasteiger partial charge on any atom is 0.266 e. The average molecular weight is 463 g/mol. The fourth-order valence-electron chi connectivity index (χ4n) is 3.48. The van der Waals surface area contributed by atoms with Gasteiger partial charge in [-0.3, -0.25) is 14.2 Å². The number of Topliss-reactive ketones (excluding diaryl/α,β-unsaturated/α-hetero) is 1. The Bertz CT molecular complexity index is 1380. The predicted molar refractivity (Wildman–Crippen MR) is 128 cm³/mol. The van der Waals surface area contributed by atoms with Gasteiger partial charge in [0.1, 0.15) is 17.2 Å².